The van der Waals surface area contributed by atoms with Gasteiger partial charge < -0.3 is 5.32 Å². The molecule has 0 aliphatic carbocycles. The van der Waals surface area contributed by atoms with E-state index in [1.165, 1.54) is 12.1 Å². The number of rotatable bonds is 5. The Morgan fingerprint density at radius 1 is 1.10 bits per heavy atom. The van der Waals surface area contributed by atoms with Crippen LogP contribution in [0.25, 0.3) is 0 Å². The van der Waals surface area contributed by atoms with Crippen LogP contribution >= 0.6 is 0 Å². The number of aromatic nitrogens is 1. The highest BCUT2D eigenvalue weighted by Gasteiger charge is 2.30. The summed E-state index contributed by atoms with van der Waals surface area (Å²) < 4.78 is 37.6. The number of halogens is 3. The molecule has 1 heterocycles. The number of benzene rings is 1. The molecule has 1 aromatic heterocycles. The van der Waals surface area contributed by atoms with E-state index in [9.17, 15) is 13.2 Å². The Morgan fingerprint density at radius 2 is 1.81 bits per heavy atom. The largest absolute Gasteiger partial charge is 0.416 e. The SMILES string of the molecule is CCNC(Cc1ccc(C(F)(F)F)cc1)c1ccccn1. The van der Waals surface area contributed by atoms with Crippen molar-refractivity contribution in [3.63, 3.8) is 0 Å². The van der Waals surface area contributed by atoms with Crippen LogP contribution in [0.1, 0.15) is 29.8 Å². The number of pyridine rings is 1. The summed E-state index contributed by atoms with van der Waals surface area (Å²) in [5.41, 5.74) is 1.11. The van der Waals surface area contributed by atoms with Crippen molar-refractivity contribution in [3.05, 3.63) is 65.5 Å². The van der Waals surface area contributed by atoms with Crippen molar-refractivity contribution in [2.24, 2.45) is 0 Å². The maximum absolute atomic E-state index is 12.5. The van der Waals surface area contributed by atoms with Gasteiger partial charge in [0.05, 0.1) is 17.3 Å². The number of nitrogens with zero attached hydrogens (tertiary/aromatic N) is 1. The summed E-state index contributed by atoms with van der Waals surface area (Å²) >= 11 is 0. The van der Waals surface area contributed by atoms with Gasteiger partial charge in [-0.25, -0.2) is 0 Å². The van der Waals surface area contributed by atoms with Crippen LogP contribution in [0.15, 0.2) is 48.7 Å². The fourth-order valence-electron chi connectivity index (χ4n) is 2.18. The topological polar surface area (TPSA) is 24.9 Å². The Hall–Kier alpha value is -1.88. The van der Waals surface area contributed by atoms with Gasteiger partial charge in [-0.1, -0.05) is 25.1 Å². The van der Waals surface area contributed by atoms with Crippen LogP contribution < -0.4 is 5.32 Å². The molecule has 0 fully saturated rings. The summed E-state index contributed by atoms with van der Waals surface area (Å²) in [7, 11) is 0. The molecule has 5 heteroatoms. The summed E-state index contributed by atoms with van der Waals surface area (Å²) in [6, 6.07) is 10.9. The van der Waals surface area contributed by atoms with E-state index in [0.29, 0.717) is 6.42 Å². The van der Waals surface area contributed by atoms with E-state index < -0.39 is 11.7 Å². The monoisotopic (exact) mass is 294 g/mol. The van der Waals surface area contributed by atoms with E-state index >= 15 is 0 Å². The molecular weight excluding hydrogens is 277 g/mol. The van der Waals surface area contributed by atoms with Crippen molar-refractivity contribution < 1.29 is 13.2 Å². The third-order valence-corrected chi connectivity index (χ3v) is 3.22. The second kappa shape index (κ2) is 6.72. The zero-order valence-corrected chi connectivity index (χ0v) is 11.7. The van der Waals surface area contributed by atoms with E-state index in [0.717, 1.165) is 29.9 Å². The van der Waals surface area contributed by atoms with Crippen LogP contribution in [-0.4, -0.2) is 11.5 Å². The summed E-state index contributed by atoms with van der Waals surface area (Å²) in [5.74, 6) is 0. The number of likely N-dealkylation sites (N-methyl/N-ethyl adjacent to an activating group) is 1. The highest BCUT2D eigenvalue weighted by atomic mass is 19.4. The molecule has 21 heavy (non-hydrogen) atoms. The Kier molecular flexibility index (Phi) is 4.96. The molecule has 2 nitrogen and oxygen atoms in total. The fraction of sp³-hybridized carbons (Fsp3) is 0.312. The van der Waals surface area contributed by atoms with Crippen molar-refractivity contribution in [3.8, 4) is 0 Å². The summed E-state index contributed by atoms with van der Waals surface area (Å²) in [6.07, 6.45) is -1.98. The Balaban J connectivity index is 2.14. The van der Waals surface area contributed by atoms with Gasteiger partial charge in [0, 0.05) is 6.20 Å². The van der Waals surface area contributed by atoms with Gasteiger partial charge in [-0.3, -0.25) is 4.98 Å². The van der Waals surface area contributed by atoms with Crippen molar-refractivity contribution in [1.29, 1.82) is 0 Å². The number of alkyl halides is 3. The summed E-state index contributed by atoms with van der Waals surface area (Å²) in [4.78, 5) is 4.31. The van der Waals surface area contributed by atoms with Crippen LogP contribution in [0, 0.1) is 0 Å². The first-order valence-electron chi connectivity index (χ1n) is 6.81. The van der Waals surface area contributed by atoms with Gasteiger partial charge in [0.25, 0.3) is 0 Å². The van der Waals surface area contributed by atoms with Crippen LogP contribution in [-0.2, 0) is 12.6 Å². The maximum atomic E-state index is 12.5. The molecule has 0 aliphatic rings. The average Bonchev–Trinajstić information content (AvgIpc) is 2.47. The molecule has 1 N–H and O–H groups in total. The standard InChI is InChI=1S/C16H17F3N2/c1-2-20-15(14-5-3-4-10-21-14)11-12-6-8-13(9-7-12)16(17,18)19/h3-10,15,20H,2,11H2,1H3. The van der Waals surface area contributed by atoms with Gasteiger partial charge in [-0.2, -0.15) is 13.2 Å². The molecule has 112 valence electrons. The van der Waals surface area contributed by atoms with Gasteiger partial charge in [-0.15, -0.1) is 0 Å². The molecule has 0 spiro atoms. The minimum absolute atomic E-state index is 0.00654. The molecular formula is C16H17F3N2. The molecule has 2 rings (SSSR count). The van der Waals surface area contributed by atoms with E-state index in [1.807, 2.05) is 25.1 Å². The number of nitrogens with one attached hydrogen (secondary N) is 1. The Labute approximate surface area is 122 Å². The van der Waals surface area contributed by atoms with E-state index in [4.69, 9.17) is 0 Å². The highest BCUT2D eigenvalue weighted by Crippen LogP contribution is 2.29. The molecule has 2 aromatic rings. The first-order valence-corrected chi connectivity index (χ1v) is 6.81. The molecule has 0 aliphatic heterocycles. The Bertz CT molecular complexity index is 550. The number of hydrogen-bond donors (Lipinski definition) is 1. The molecule has 0 saturated heterocycles. The van der Waals surface area contributed by atoms with E-state index in [-0.39, 0.29) is 6.04 Å². The predicted octanol–water partition coefficient (Wildman–Crippen LogP) is 3.99. The lowest BCUT2D eigenvalue weighted by molar-refractivity contribution is -0.137. The second-order valence-corrected chi connectivity index (χ2v) is 4.76. The summed E-state index contributed by atoms with van der Waals surface area (Å²) in [6.45, 7) is 2.75. The highest BCUT2D eigenvalue weighted by molar-refractivity contribution is 5.26. The molecule has 0 bridgehead atoms. The molecule has 1 atom stereocenters. The molecule has 0 radical (unpaired) electrons. The van der Waals surface area contributed by atoms with Crippen LogP contribution in [0.5, 0.6) is 0 Å². The van der Waals surface area contributed by atoms with Gasteiger partial charge in [-0.05, 0) is 42.8 Å². The van der Waals surface area contributed by atoms with Gasteiger partial charge in [0.2, 0.25) is 0 Å². The maximum Gasteiger partial charge on any atom is 0.416 e. The molecule has 1 unspecified atom stereocenters. The molecule has 0 saturated carbocycles. The van der Waals surface area contributed by atoms with Gasteiger partial charge >= 0.3 is 6.18 Å². The third-order valence-electron chi connectivity index (χ3n) is 3.22. The lowest BCUT2D eigenvalue weighted by Crippen LogP contribution is -2.23. The van der Waals surface area contributed by atoms with Crippen molar-refractivity contribution in [1.82, 2.24) is 10.3 Å². The van der Waals surface area contributed by atoms with Crippen LogP contribution in [0.2, 0.25) is 0 Å². The third kappa shape index (κ3) is 4.29. The van der Waals surface area contributed by atoms with Crippen molar-refractivity contribution in [2.75, 3.05) is 6.54 Å². The van der Waals surface area contributed by atoms with E-state index in [1.54, 1.807) is 6.20 Å². The second-order valence-electron chi connectivity index (χ2n) is 4.76. The average molecular weight is 294 g/mol. The first kappa shape index (κ1) is 15.5. The Morgan fingerprint density at radius 3 is 2.33 bits per heavy atom. The normalized spacial score (nSPS) is 13.1. The zero-order valence-electron chi connectivity index (χ0n) is 11.7. The number of hydrogen-bond acceptors (Lipinski definition) is 2. The molecule has 1 aromatic carbocycles. The minimum atomic E-state index is -4.29. The quantitative estimate of drug-likeness (QED) is 0.901. The van der Waals surface area contributed by atoms with Crippen molar-refractivity contribution in [2.45, 2.75) is 25.6 Å². The van der Waals surface area contributed by atoms with Gasteiger partial charge in [0.1, 0.15) is 0 Å². The summed E-state index contributed by atoms with van der Waals surface area (Å²) in [5, 5.41) is 3.31. The van der Waals surface area contributed by atoms with Gasteiger partial charge in [0.15, 0.2) is 0 Å². The lowest BCUT2D eigenvalue weighted by Gasteiger charge is -2.17. The smallest absolute Gasteiger partial charge is 0.309 e. The molecule has 0 amide bonds. The van der Waals surface area contributed by atoms with Crippen molar-refractivity contribution >= 4 is 0 Å². The minimum Gasteiger partial charge on any atom is -0.309 e. The fourth-order valence-corrected chi connectivity index (χ4v) is 2.18. The van der Waals surface area contributed by atoms with Crippen LogP contribution in [0.3, 0.4) is 0 Å². The lowest BCUT2D eigenvalue weighted by atomic mass is 10.0. The predicted molar refractivity (Wildman–Crippen MR) is 75.8 cm³/mol. The first-order chi connectivity index (χ1) is 10.0. The van der Waals surface area contributed by atoms with E-state index in [2.05, 4.69) is 10.3 Å². The zero-order chi connectivity index (χ0) is 15.3. The van der Waals surface area contributed by atoms with Crippen LogP contribution in [0.4, 0.5) is 13.2 Å².